The molecule has 1 aromatic carbocycles. The van der Waals surface area contributed by atoms with E-state index in [-0.39, 0.29) is 23.3 Å². The zero-order valence-corrected chi connectivity index (χ0v) is 11.9. The molecule has 0 saturated carbocycles. The number of hydrogen-bond acceptors (Lipinski definition) is 4. The van der Waals surface area contributed by atoms with Gasteiger partial charge in [0, 0.05) is 17.8 Å². The molecule has 0 fully saturated rings. The van der Waals surface area contributed by atoms with Gasteiger partial charge in [-0.3, -0.25) is 14.5 Å². The summed E-state index contributed by atoms with van der Waals surface area (Å²) in [6, 6.07) is 6.55. The minimum absolute atomic E-state index is 0.0426. The topological polar surface area (TPSA) is 71.6 Å². The Balaban J connectivity index is 2.02. The average Bonchev–Trinajstić information content (AvgIpc) is 2.88. The lowest BCUT2D eigenvalue weighted by Crippen LogP contribution is -2.01. The first-order chi connectivity index (χ1) is 10.6. The van der Waals surface area contributed by atoms with Gasteiger partial charge in [0.15, 0.2) is 12.0 Å². The summed E-state index contributed by atoms with van der Waals surface area (Å²) in [6.07, 6.45) is 3.40. The quantitative estimate of drug-likeness (QED) is 0.697. The fourth-order valence-electron chi connectivity index (χ4n) is 2.21. The molecule has 0 radical (unpaired) electrons. The summed E-state index contributed by atoms with van der Waals surface area (Å²) in [5.74, 6) is -0.465. The second-order valence-corrected chi connectivity index (χ2v) is 5.10. The minimum atomic E-state index is -0.465. The lowest BCUT2D eigenvalue weighted by atomic mass is 10.1. The number of rotatable bonds is 3. The van der Waals surface area contributed by atoms with Crippen LogP contribution in [0.1, 0.15) is 21.6 Å². The summed E-state index contributed by atoms with van der Waals surface area (Å²) in [6.45, 7) is 0.224. The molecule has 0 aliphatic heterocycles. The lowest BCUT2D eigenvalue weighted by molar-refractivity contribution is 0.112. The smallest absolute Gasteiger partial charge is 0.172 e. The van der Waals surface area contributed by atoms with E-state index in [1.165, 1.54) is 23.1 Å². The fraction of sp³-hybridized carbons (Fsp3) is 0.0667. The van der Waals surface area contributed by atoms with Crippen LogP contribution in [0.4, 0.5) is 4.39 Å². The van der Waals surface area contributed by atoms with Crippen molar-refractivity contribution in [1.82, 2.24) is 14.8 Å². The molecule has 22 heavy (non-hydrogen) atoms. The van der Waals surface area contributed by atoms with Gasteiger partial charge in [-0.05, 0) is 23.8 Å². The highest BCUT2D eigenvalue weighted by atomic mass is 35.5. The van der Waals surface area contributed by atoms with Crippen molar-refractivity contribution >= 4 is 28.8 Å². The van der Waals surface area contributed by atoms with Gasteiger partial charge in [0.2, 0.25) is 0 Å². The van der Waals surface area contributed by atoms with Gasteiger partial charge >= 0.3 is 0 Å². The first-order valence-corrected chi connectivity index (χ1v) is 6.65. The highest BCUT2D eigenvalue weighted by Gasteiger charge is 2.10. The number of aldehydes is 1. The third kappa shape index (κ3) is 2.54. The Labute approximate surface area is 129 Å². The third-order valence-corrected chi connectivity index (χ3v) is 3.34. The second kappa shape index (κ2) is 5.54. The lowest BCUT2D eigenvalue weighted by Gasteiger charge is -2.05. The molecule has 108 valence electrons. The Kier molecular flexibility index (Phi) is 3.57. The highest BCUT2D eigenvalue weighted by molar-refractivity contribution is 6.31. The van der Waals surface area contributed by atoms with Crippen molar-refractivity contribution in [2.75, 3.05) is 0 Å². The molecular weight excluding hydrogens is 307 g/mol. The molecule has 0 aliphatic rings. The van der Waals surface area contributed by atoms with E-state index >= 15 is 0 Å². The van der Waals surface area contributed by atoms with Gasteiger partial charge in [0.1, 0.15) is 17.4 Å². The highest BCUT2D eigenvalue weighted by Crippen LogP contribution is 2.22. The van der Waals surface area contributed by atoms with Crippen LogP contribution in [0.25, 0.3) is 10.9 Å². The molecule has 0 spiro atoms. The number of aromatic nitrogens is 3. The predicted octanol–water partition coefficient (Wildman–Crippen LogP) is 2.96. The maximum absolute atomic E-state index is 14.1. The first-order valence-electron chi connectivity index (χ1n) is 6.27. The number of hydrogen-bond donors (Lipinski definition) is 0. The number of carbonyl (C=O) groups excluding carboxylic acids is 1. The van der Waals surface area contributed by atoms with Crippen LogP contribution in [0, 0.1) is 17.1 Å². The number of benzene rings is 1. The van der Waals surface area contributed by atoms with Crippen molar-refractivity contribution in [3.8, 4) is 6.07 Å². The first kappa shape index (κ1) is 14.2. The summed E-state index contributed by atoms with van der Waals surface area (Å²) in [5, 5.41) is 13.8. The van der Waals surface area contributed by atoms with Crippen LogP contribution in [-0.4, -0.2) is 21.1 Å². The Hall–Kier alpha value is -2.78. The van der Waals surface area contributed by atoms with Crippen molar-refractivity contribution in [2.45, 2.75) is 6.54 Å². The van der Waals surface area contributed by atoms with Crippen LogP contribution in [0.5, 0.6) is 0 Å². The van der Waals surface area contributed by atoms with Crippen molar-refractivity contribution in [2.24, 2.45) is 0 Å². The number of carbonyl (C=O) groups is 1. The molecular formula is C15H8ClFN4O. The van der Waals surface area contributed by atoms with Gasteiger partial charge in [-0.1, -0.05) is 11.6 Å². The van der Waals surface area contributed by atoms with E-state index in [1.54, 1.807) is 12.1 Å². The van der Waals surface area contributed by atoms with Gasteiger partial charge < -0.3 is 0 Å². The Morgan fingerprint density at radius 1 is 1.41 bits per heavy atom. The zero-order chi connectivity index (χ0) is 15.7. The molecule has 2 aromatic heterocycles. The molecule has 3 aromatic rings. The van der Waals surface area contributed by atoms with Crippen LogP contribution >= 0.6 is 11.6 Å². The molecule has 0 aliphatic carbocycles. The molecule has 2 heterocycles. The van der Waals surface area contributed by atoms with Gasteiger partial charge in [0.05, 0.1) is 17.1 Å². The van der Waals surface area contributed by atoms with Crippen molar-refractivity contribution in [3.63, 3.8) is 0 Å². The Bertz CT molecular complexity index is 929. The summed E-state index contributed by atoms with van der Waals surface area (Å²) in [5.41, 5.74) is 1.10. The van der Waals surface area contributed by atoms with E-state index in [2.05, 4.69) is 10.1 Å². The number of pyridine rings is 1. The van der Waals surface area contributed by atoms with Crippen molar-refractivity contribution in [3.05, 3.63) is 58.3 Å². The van der Waals surface area contributed by atoms with Crippen LogP contribution in [0.2, 0.25) is 5.02 Å². The van der Waals surface area contributed by atoms with Crippen LogP contribution < -0.4 is 0 Å². The molecule has 0 atom stereocenters. The second-order valence-electron chi connectivity index (χ2n) is 4.66. The van der Waals surface area contributed by atoms with E-state index in [1.807, 2.05) is 6.07 Å². The molecule has 0 amide bonds. The molecule has 7 heteroatoms. The monoisotopic (exact) mass is 314 g/mol. The van der Waals surface area contributed by atoms with E-state index in [0.717, 1.165) is 0 Å². The number of halogens is 2. The summed E-state index contributed by atoms with van der Waals surface area (Å²) >= 11 is 5.87. The van der Waals surface area contributed by atoms with Crippen LogP contribution in [0.15, 0.2) is 30.6 Å². The SMILES string of the molecule is N#Cc1nn(Cc2cc(F)c3ncc(Cl)cc3c2)cc1C=O. The Morgan fingerprint density at radius 3 is 2.91 bits per heavy atom. The van der Waals surface area contributed by atoms with Crippen molar-refractivity contribution in [1.29, 1.82) is 5.26 Å². The molecule has 5 nitrogen and oxygen atoms in total. The predicted molar refractivity (Wildman–Crippen MR) is 78.1 cm³/mol. The van der Waals surface area contributed by atoms with Gasteiger partial charge in [-0.25, -0.2) is 4.39 Å². The summed E-state index contributed by atoms with van der Waals surface area (Å²) < 4.78 is 15.5. The number of nitrogens with zero attached hydrogens (tertiary/aromatic N) is 4. The largest absolute Gasteiger partial charge is 0.298 e. The standard InChI is InChI=1S/C15H8ClFN4O/c16-12-3-10-1-9(2-13(17)15(10)19-5-12)6-21-7-11(8-22)14(4-18)20-21/h1-3,5,7-8H,6H2. The van der Waals surface area contributed by atoms with Gasteiger partial charge in [-0.15, -0.1) is 0 Å². The van der Waals surface area contributed by atoms with Crippen LogP contribution in [0.3, 0.4) is 0 Å². The van der Waals surface area contributed by atoms with Crippen LogP contribution in [-0.2, 0) is 6.54 Å². The minimum Gasteiger partial charge on any atom is -0.298 e. The molecule has 0 unspecified atom stereocenters. The normalized spacial score (nSPS) is 10.6. The molecule has 0 bridgehead atoms. The number of nitriles is 1. The zero-order valence-electron chi connectivity index (χ0n) is 11.1. The summed E-state index contributed by atoms with van der Waals surface area (Å²) in [7, 11) is 0. The molecule has 3 rings (SSSR count). The van der Waals surface area contributed by atoms with E-state index < -0.39 is 5.82 Å². The number of fused-ring (bicyclic) bond motifs is 1. The maximum atomic E-state index is 14.1. The molecule has 0 N–H and O–H groups in total. The fourth-order valence-corrected chi connectivity index (χ4v) is 2.37. The average molecular weight is 315 g/mol. The summed E-state index contributed by atoms with van der Waals surface area (Å²) in [4.78, 5) is 14.8. The van der Waals surface area contributed by atoms with Crippen molar-refractivity contribution < 1.29 is 9.18 Å². The Morgan fingerprint density at radius 2 is 2.23 bits per heavy atom. The van der Waals surface area contributed by atoms with Gasteiger partial charge in [-0.2, -0.15) is 10.4 Å². The molecule has 0 saturated heterocycles. The van der Waals surface area contributed by atoms with E-state index in [9.17, 15) is 9.18 Å². The maximum Gasteiger partial charge on any atom is 0.172 e. The van der Waals surface area contributed by atoms with E-state index in [4.69, 9.17) is 16.9 Å². The van der Waals surface area contributed by atoms with E-state index in [0.29, 0.717) is 22.3 Å². The van der Waals surface area contributed by atoms with Gasteiger partial charge in [0.25, 0.3) is 0 Å². The third-order valence-electron chi connectivity index (χ3n) is 3.13.